The lowest BCUT2D eigenvalue weighted by Gasteiger charge is -2.11. The SMILES string of the molecule is COc1ccc(Br)c(-c2nc(NN)cc(C(C)C)n2)c1. The molecule has 0 radical (unpaired) electrons. The van der Waals surface area contributed by atoms with Gasteiger partial charge in [-0.05, 0) is 24.1 Å². The second kappa shape index (κ2) is 6.19. The number of nitrogens with one attached hydrogen (secondary N) is 1. The highest BCUT2D eigenvalue weighted by atomic mass is 79.9. The molecule has 2 aromatic rings. The van der Waals surface area contributed by atoms with Crippen LogP contribution in [0.3, 0.4) is 0 Å². The minimum atomic E-state index is 0.285. The number of anilines is 1. The third-order valence-electron chi connectivity index (χ3n) is 2.90. The predicted molar refractivity (Wildman–Crippen MR) is 83.6 cm³/mol. The number of hydrogen-bond donors (Lipinski definition) is 2. The van der Waals surface area contributed by atoms with Crippen LogP contribution in [0.2, 0.25) is 0 Å². The van der Waals surface area contributed by atoms with Gasteiger partial charge < -0.3 is 10.2 Å². The van der Waals surface area contributed by atoms with Gasteiger partial charge in [-0.25, -0.2) is 15.8 Å². The molecule has 3 N–H and O–H groups in total. The first-order valence-corrected chi connectivity index (χ1v) is 7.04. The maximum absolute atomic E-state index is 5.48. The Kier molecular flexibility index (Phi) is 4.57. The van der Waals surface area contributed by atoms with Crippen LogP contribution in [-0.2, 0) is 0 Å². The highest BCUT2D eigenvalue weighted by molar-refractivity contribution is 9.10. The van der Waals surface area contributed by atoms with Crippen LogP contribution < -0.4 is 16.0 Å². The zero-order valence-electron chi connectivity index (χ0n) is 11.6. The van der Waals surface area contributed by atoms with E-state index in [4.69, 9.17) is 10.6 Å². The number of hydrogen-bond acceptors (Lipinski definition) is 5. The number of rotatable bonds is 4. The number of methoxy groups -OCH3 is 1. The summed E-state index contributed by atoms with van der Waals surface area (Å²) in [6, 6.07) is 7.53. The number of benzene rings is 1. The number of ether oxygens (including phenoxy) is 1. The molecule has 0 saturated heterocycles. The first-order chi connectivity index (χ1) is 9.55. The van der Waals surface area contributed by atoms with E-state index in [-0.39, 0.29) is 5.92 Å². The van der Waals surface area contributed by atoms with Crippen molar-refractivity contribution in [3.8, 4) is 17.1 Å². The van der Waals surface area contributed by atoms with E-state index in [2.05, 4.69) is 45.2 Å². The number of hydrazine groups is 1. The van der Waals surface area contributed by atoms with E-state index in [1.807, 2.05) is 24.3 Å². The molecule has 1 aromatic carbocycles. The minimum Gasteiger partial charge on any atom is -0.497 e. The number of halogens is 1. The summed E-state index contributed by atoms with van der Waals surface area (Å²) in [4.78, 5) is 9.00. The van der Waals surface area contributed by atoms with E-state index in [0.717, 1.165) is 21.5 Å². The van der Waals surface area contributed by atoms with E-state index in [1.54, 1.807) is 7.11 Å². The Labute approximate surface area is 126 Å². The lowest BCUT2D eigenvalue weighted by atomic mass is 10.1. The van der Waals surface area contributed by atoms with E-state index < -0.39 is 0 Å². The zero-order valence-corrected chi connectivity index (χ0v) is 13.2. The van der Waals surface area contributed by atoms with Crippen LogP contribution >= 0.6 is 15.9 Å². The summed E-state index contributed by atoms with van der Waals surface area (Å²) in [6.07, 6.45) is 0. The first-order valence-electron chi connectivity index (χ1n) is 6.24. The summed E-state index contributed by atoms with van der Waals surface area (Å²) >= 11 is 3.52. The van der Waals surface area contributed by atoms with E-state index in [9.17, 15) is 0 Å². The Morgan fingerprint density at radius 1 is 1.25 bits per heavy atom. The number of nitrogens with zero attached hydrogens (tertiary/aromatic N) is 2. The maximum atomic E-state index is 5.48. The van der Waals surface area contributed by atoms with Gasteiger partial charge in [0.25, 0.3) is 0 Å². The molecule has 1 aromatic heterocycles. The summed E-state index contributed by atoms with van der Waals surface area (Å²) in [5, 5.41) is 0. The third kappa shape index (κ3) is 3.08. The second-order valence-electron chi connectivity index (χ2n) is 4.65. The van der Waals surface area contributed by atoms with Crippen LogP contribution in [0.25, 0.3) is 11.4 Å². The maximum Gasteiger partial charge on any atom is 0.163 e. The highest BCUT2D eigenvalue weighted by Gasteiger charge is 2.12. The van der Waals surface area contributed by atoms with Gasteiger partial charge in [0.05, 0.1) is 7.11 Å². The molecule has 0 spiro atoms. The molecule has 2 rings (SSSR count). The molecule has 0 amide bonds. The van der Waals surface area contributed by atoms with Gasteiger partial charge in [0.1, 0.15) is 11.6 Å². The molecule has 0 bridgehead atoms. The minimum absolute atomic E-state index is 0.285. The van der Waals surface area contributed by atoms with Crippen molar-refractivity contribution in [3.05, 3.63) is 34.4 Å². The van der Waals surface area contributed by atoms with Crippen molar-refractivity contribution in [1.82, 2.24) is 9.97 Å². The molecule has 0 aliphatic heterocycles. The molecular weight excluding hydrogens is 320 g/mol. The van der Waals surface area contributed by atoms with Gasteiger partial charge >= 0.3 is 0 Å². The van der Waals surface area contributed by atoms with Crippen molar-refractivity contribution >= 4 is 21.7 Å². The molecule has 1 heterocycles. The van der Waals surface area contributed by atoms with Crippen LogP contribution in [0.1, 0.15) is 25.5 Å². The smallest absolute Gasteiger partial charge is 0.163 e. The molecular formula is C14H17BrN4O. The fourth-order valence-corrected chi connectivity index (χ4v) is 2.18. The van der Waals surface area contributed by atoms with Crippen LogP contribution in [-0.4, -0.2) is 17.1 Å². The Morgan fingerprint density at radius 2 is 2.00 bits per heavy atom. The van der Waals surface area contributed by atoms with Gasteiger partial charge in [0.2, 0.25) is 0 Å². The molecule has 0 fully saturated rings. The van der Waals surface area contributed by atoms with E-state index in [0.29, 0.717) is 11.6 Å². The largest absolute Gasteiger partial charge is 0.497 e. The van der Waals surface area contributed by atoms with Crippen molar-refractivity contribution in [2.45, 2.75) is 19.8 Å². The van der Waals surface area contributed by atoms with Crippen LogP contribution in [0.15, 0.2) is 28.7 Å². The summed E-state index contributed by atoms with van der Waals surface area (Å²) < 4.78 is 6.15. The Morgan fingerprint density at radius 3 is 2.60 bits per heavy atom. The average molecular weight is 337 g/mol. The van der Waals surface area contributed by atoms with E-state index in [1.165, 1.54) is 0 Å². The van der Waals surface area contributed by atoms with Crippen molar-refractivity contribution in [1.29, 1.82) is 0 Å². The summed E-state index contributed by atoms with van der Waals surface area (Å²) in [5.41, 5.74) is 4.38. The molecule has 0 saturated carbocycles. The van der Waals surface area contributed by atoms with Gasteiger partial charge in [-0.15, -0.1) is 0 Å². The van der Waals surface area contributed by atoms with Crippen molar-refractivity contribution < 1.29 is 4.74 Å². The normalized spacial score (nSPS) is 10.7. The predicted octanol–water partition coefficient (Wildman–Crippen LogP) is 3.32. The van der Waals surface area contributed by atoms with Gasteiger partial charge in [-0.1, -0.05) is 29.8 Å². The van der Waals surface area contributed by atoms with Crippen LogP contribution in [0.5, 0.6) is 5.75 Å². The topological polar surface area (TPSA) is 73.1 Å². The highest BCUT2D eigenvalue weighted by Crippen LogP contribution is 2.31. The van der Waals surface area contributed by atoms with Gasteiger partial charge in [-0.2, -0.15) is 0 Å². The Balaban J connectivity index is 2.59. The van der Waals surface area contributed by atoms with Crippen molar-refractivity contribution in [2.75, 3.05) is 12.5 Å². The fraction of sp³-hybridized carbons (Fsp3) is 0.286. The Bertz CT molecular complexity index is 616. The fourth-order valence-electron chi connectivity index (χ4n) is 1.76. The first kappa shape index (κ1) is 14.7. The summed E-state index contributed by atoms with van der Waals surface area (Å²) in [7, 11) is 1.63. The van der Waals surface area contributed by atoms with Gasteiger partial charge in [0.15, 0.2) is 5.82 Å². The molecule has 5 nitrogen and oxygen atoms in total. The van der Waals surface area contributed by atoms with Crippen LogP contribution in [0, 0.1) is 0 Å². The monoisotopic (exact) mass is 336 g/mol. The zero-order chi connectivity index (χ0) is 14.7. The average Bonchev–Trinajstić information content (AvgIpc) is 2.47. The van der Waals surface area contributed by atoms with Crippen molar-refractivity contribution in [3.63, 3.8) is 0 Å². The molecule has 0 atom stereocenters. The second-order valence-corrected chi connectivity index (χ2v) is 5.50. The Hall–Kier alpha value is -1.66. The quantitative estimate of drug-likeness (QED) is 0.661. The van der Waals surface area contributed by atoms with Crippen LogP contribution in [0.4, 0.5) is 5.82 Å². The standard InChI is InChI=1S/C14H17BrN4O/c1-8(2)12-7-13(19-16)18-14(17-12)10-6-9(20-3)4-5-11(10)15/h4-8H,16H2,1-3H3,(H,17,18,19). The number of aromatic nitrogens is 2. The summed E-state index contributed by atoms with van der Waals surface area (Å²) in [6.45, 7) is 4.15. The van der Waals surface area contributed by atoms with E-state index >= 15 is 0 Å². The number of nitrogen functional groups attached to an aromatic ring is 1. The van der Waals surface area contributed by atoms with Gasteiger partial charge in [-0.3, -0.25) is 0 Å². The van der Waals surface area contributed by atoms with Crippen molar-refractivity contribution in [2.24, 2.45) is 5.84 Å². The molecule has 0 aliphatic rings. The number of nitrogens with two attached hydrogens (primary N) is 1. The molecule has 0 unspecified atom stereocenters. The summed E-state index contributed by atoms with van der Waals surface area (Å²) in [5.74, 6) is 7.72. The lowest BCUT2D eigenvalue weighted by molar-refractivity contribution is 0.415. The molecule has 106 valence electrons. The lowest BCUT2D eigenvalue weighted by Crippen LogP contribution is -2.11. The molecule has 6 heteroatoms. The molecule has 20 heavy (non-hydrogen) atoms. The third-order valence-corrected chi connectivity index (χ3v) is 3.59. The van der Waals surface area contributed by atoms with Gasteiger partial charge in [0, 0.05) is 21.8 Å². The molecule has 0 aliphatic carbocycles.